The van der Waals surface area contributed by atoms with E-state index in [1.807, 2.05) is 25.1 Å². The summed E-state index contributed by atoms with van der Waals surface area (Å²) in [6, 6.07) is 12.4. The second kappa shape index (κ2) is 7.93. The molecule has 0 fully saturated rings. The number of hydrogen-bond acceptors (Lipinski definition) is 3. The molecule has 22 heavy (non-hydrogen) atoms. The number of aromatic nitrogens is 1. The number of benzene rings is 1. The van der Waals surface area contributed by atoms with Crippen LogP contribution in [0.25, 0.3) is 0 Å². The van der Waals surface area contributed by atoms with Crippen molar-refractivity contribution in [3.8, 4) is 0 Å². The Hall–Kier alpha value is -2.69. The number of pyridine rings is 1. The maximum atomic E-state index is 12.0. The van der Waals surface area contributed by atoms with E-state index in [1.54, 1.807) is 36.7 Å². The summed E-state index contributed by atoms with van der Waals surface area (Å²) in [6.07, 6.45) is 3.61. The first-order chi connectivity index (χ1) is 10.6. The van der Waals surface area contributed by atoms with Crippen LogP contribution in [-0.2, 0) is 11.3 Å². The van der Waals surface area contributed by atoms with Crippen LogP contribution in [0, 0.1) is 0 Å². The van der Waals surface area contributed by atoms with Gasteiger partial charge in [0.05, 0.1) is 0 Å². The average molecular weight is 297 g/mol. The predicted octanol–water partition coefficient (Wildman–Crippen LogP) is 1.91. The summed E-state index contributed by atoms with van der Waals surface area (Å²) in [5.41, 5.74) is 1.58. The van der Waals surface area contributed by atoms with Crippen LogP contribution < -0.4 is 10.6 Å². The van der Waals surface area contributed by atoms with Gasteiger partial charge in [-0.2, -0.15) is 0 Å². The van der Waals surface area contributed by atoms with Crippen molar-refractivity contribution in [2.45, 2.75) is 25.9 Å². The zero-order chi connectivity index (χ0) is 15.8. The van der Waals surface area contributed by atoms with E-state index in [-0.39, 0.29) is 24.3 Å². The number of nitrogens with zero attached hydrogens (tertiary/aromatic N) is 1. The van der Waals surface area contributed by atoms with E-state index >= 15 is 0 Å². The molecule has 2 N–H and O–H groups in total. The van der Waals surface area contributed by atoms with Gasteiger partial charge < -0.3 is 10.6 Å². The molecule has 0 bridgehead atoms. The van der Waals surface area contributed by atoms with E-state index in [9.17, 15) is 9.59 Å². The molecule has 1 aromatic carbocycles. The van der Waals surface area contributed by atoms with Crippen molar-refractivity contribution in [2.75, 3.05) is 0 Å². The molecule has 114 valence electrons. The number of amides is 2. The maximum Gasteiger partial charge on any atom is 0.251 e. The van der Waals surface area contributed by atoms with Gasteiger partial charge in [-0.25, -0.2) is 0 Å². The largest absolute Gasteiger partial charge is 0.352 e. The monoisotopic (exact) mass is 297 g/mol. The van der Waals surface area contributed by atoms with Crippen LogP contribution in [0.15, 0.2) is 54.9 Å². The molecular weight excluding hydrogens is 278 g/mol. The SMILES string of the molecule is CC(CC(=O)NCc1ccncc1)NC(=O)c1ccccc1. The lowest BCUT2D eigenvalue weighted by Crippen LogP contribution is -2.37. The van der Waals surface area contributed by atoms with E-state index in [2.05, 4.69) is 15.6 Å². The van der Waals surface area contributed by atoms with Gasteiger partial charge in [-0.3, -0.25) is 14.6 Å². The molecule has 5 nitrogen and oxygen atoms in total. The lowest BCUT2D eigenvalue weighted by Gasteiger charge is -2.14. The lowest BCUT2D eigenvalue weighted by molar-refractivity contribution is -0.121. The molecule has 0 aliphatic carbocycles. The Kier molecular flexibility index (Phi) is 5.65. The molecule has 1 heterocycles. The van der Waals surface area contributed by atoms with Gasteiger partial charge in [0.25, 0.3) is 5.91 Å². The fraction of sp³-hybridized carbons (Fsp3) is 0.235. The molecule has 0 spiro atoms. The van der Waals surface area contributed by atoms with Crippen molar-refractivity contribution in [1.82, 2.24) is 15.6 Å². The predicted molar refractivity (Wildman–Crippen MR) is 84.1 cm³/mol. The summed E-state index contributed by atoms with van der Waals surface area (Å²) in [4.78, 5) is 27.8. The molecule has 2 amide bonds. The van der Waals surface area contributed by atoms with E-state index < -0.39 is 0 Å². The zero-order valence-corrected chi connectivity index (χ0v) is 12.5. The van der Waals surface area contributed by atoms with Gasteiger partial charge in [-0.05, 0) is 36.8 Å². The van der Waals surface area contributed by atoms with E-state index in [0.717, 1.165) is 5.56 Å². The minimum atomic E-state index is -0.231. The molecular formula is C17H19N3O2. The molecule has 1 atom stereocenters. The Labute approximate surface area is 129 Å². The Bertz CT molecular complexity index is 614. The number of carbonyl (C=O) groups is 2. The number of carbonyl (C=O) groups excluding carboxylic acids is 2. The van der Waals surface area contributed by atoms with E-state index in [1.165, 1.54) is 0 Å². The summed E-state index contributed by atoms with van der Waals surface area (Å²) in [5, 5.41) is 5.64. The second-order valence-electron chi connectivity index (χ2n) is 5.08. The van der Waals surface area contributed by atoms with Crippen molar-refractivity contribution in [2.24, 2.45) is 0 Å². The summed E-state index contributed by atoms with van der Waals surface area (Å²) >= 11 is 0. The average Bonchev–Trinajstić information content (AvgIpc) is 2.54. The molecule has 0 saturated heterocycles. The van der Waals surface area contributed by atoms with Gasteiger partial charge in [0.1, 0.15) is 0 Å². The second-order valence-corrected chi connectivity index (χ2v) is 5.08. The topological polar surface area (TPSA) is 71.1 Å². The highest BCUT2D eigenvalue weighted by atomic mass is 16.2. The molecule has 0 aliphatic heterocycles. The smallest absolute Gasteiger partial charge is 0.251 e. The van der Waals surface area contributed by atoms with Gasteiger partial charge >= 0.3 is 0 Å². The van der Waals surface area contributed by atoms with E-state index in [4.69, 9.17) is 0 Å². The Morgan fingerprint density at radius 1 is 1.09 bits per heavy atom. The Morgan fingerprint density at radius 2 is 1.77 bits per heavy atom. The molecule has 2 rings (SSSR count). The number of hydrogen-bond donors (Lipinski definition) is 2. The van der Waals surface area contributed by atoms with Gasteiger partial charge in [-0.15, -0.1) is 0 Å². The quantitative estimate of drug-likeness (QED) is 0.855. The first kappa shape index (κ1) is 15.7. The highest BCUT2D eigenvalue weighted by molar-refractivity contribution is 5.94. The van der Waals surface area contributed by atoms with Crippen LogP contribution in [-0.4, -0.2) is 22.8 Å². The normalized spacial score (nSPS) is 11.5. The third kappa shape index (κ3) is 5.01. The molecule has 1 aromatic heterocycles. The summed E-state index contributed by atoms with van der Waals surface area (Å²) in [7, 11) is 0. The maximum absolute atomic E-state index is 12.0. The van der Waals surface area contributed by atoms with Gasteiger partial charge in [0.2, 0.25) is 5.91 Å². The molecule has 2 aromatic rings. The standard InChI is InChI=1S/C17H19N3O2/c1-13(20-17(22)15-5-3-2-4-6-15)11-16(21)19-12-14-7-9-18-10-8-14/h2-10,13H,11-12H2,1H3,(H,19,21)(H,20,22). The first-order valence-corrected chi connectivity index (χ1v) is 7.16. The Morgan fingerprint density at radius 3 is 2.45 bits per heavy atom. The third-order valence-electron chi connectivity index (χ3n) is 3.14. The molecule has 5 heteroatoms. The van der Waals surface area contributed by atoms with Crippen molar-refractivity contribution >= 4 is 11.8 Å². The number of rotatable bonds is 6. The van der Waals surface area contributed by atoms with Gasteiger partial charge in [-0.1, -0.05) is 18.2 Å². The third-order valence-corrected chi connectivity index (χ3v) is 3.14. The molecule has 0 aliphatic rings. The fourth-order valence-electron chi connectivity index (χ4n) is 2.00. The van der Waals surface area contributed by atoms with Crippen LogP contribution in [0.2, 0.25) is 0 Å². The highest BCUT2D eigenvalue weighted by Crippen LogP contribution is 2.01. The van der Waals surface area contributed by atoms with Gasteiger partial charge in [0, 0.05) is 37.0 Å². The molecule has 0 saturated carbocycles. The lowest BCUT2D eigenvalue weighted by atomic mass is 10.1. The highest BCUT2D eigenvalue weighted by Gasteiger charge is 2.12. The van der Waals surface area contributed by atoms with Crippen LogP contribution >= 0.6 is 0 Å². The minimum Gasteiger partial charge on any atom is -0.352 e. The van der Waals surface area contributed by atoms with Crippen LogP contribution in [0.1, 0.15) is 29.3 Å². The van der Waals surface area contributed by atoms with Crippen molar-refractivity contribution in [3.63, 3.8) is 0 Å². The van der Waals surface area contributed by atoms with E-state index in [0.29, 0.717) is 12.1 Å². The number of nitrogens with one attached hydrogen (secondary N) is 2. The summed E-state index contributed by atoms with van der Waals surface area (Å²) in [5.74, 6) is -0.271. The summed E-state index contributed by atoms with van der Waals surface area (Å²) in [6.45, 7) is 2.27. The minimum absolute atomic E-state index is 0.0994. The molecule has 1 unspecified atom stereocenters. The van der Waals surface area contributed by atoms with Crippen molar-refractivity contribution in [3.05, 3.63) is 66.0 Å². The summed E-state index contributed by atoms with van der Waals surface area (Å²) < 4.78 is 0. The van der Waals surface area contributed by atoms with Gasteiger partial charge in [0.15, 0.2) is 0 Å². The Balaban J connectivity index is 1.75. The zero-order valence-electron chi connectivity index (χ0n) is 12.5. The van der Waals surface area contributed by atoms with Crippen LogP contribution in [0.3, 0.4) is 0 Å². The van der Waals surface area contributed by atoms with Crippen molar-refractivity contribution < 1.29 is 9.59 Å². The first-order valence-electron chi connectivity index (χ1n) is 7.16. The fourth-order valence-corrected chi connectivity index (χ4v) is 2.00. The molecule has 0 radical (unpaired) electrons. The van der Waals surface area contributed by atoms with Crippen LogP contribution in [0.5, 0.6) is 0 Å². The van der Waals surface area contributed by atoms with Crippen molar-refractivity contribution in [1.29, 1.82) is 0 Å². The van der Waals surface area contributed by atoms with Crippen LogP contribution in [0.4, 0.5) is 0 Å².